The van der Waals surface area contributed by atoms with Crippen LogP contribution in [0.25, 0.3) is 0 Å². The molecule has 16 heavy (non-hydrogen) atoms. The van der Waals surface area contributed by atoms with Gasteiger partial charge in [-0.25, -0.2) is 4.99 Å². The van der Waals surface area contributed by atoms with Crippen molar-refractivity contribution in [1.82, 2.24) is 5.32 Å². The number of amides is 1. The van der Waals surface area contributed by atoms with Crippen LogP contribution in [0.3, 0.4) is 0 Å². The summed E-state index contributed by atoms with van der Waals surface area (Å²) in [5.41, 5.74) is -0.643. The Morgan fingerprint density at radius 2 is 2.44 bits per heavy atom. The summed E-state index contributed by atoms with van der Waals surface area (Å²) < 4.78 is 5.09. The average molecular weight is 223 g/mol. The van der Waals surface area contributed by atoms with E-state index in [9.17, 15) is 4.79 Å². The van der Waals surface area contributed by atoms with E-state index in [1.807, 2.05) is 6.92 Å². The predicted molar refractivity (Wildman–Crippen MR) is 63.8 cm³/mol. The number of hydrogen-bond donors (Lipinski definition) is 1. The van der Waals surface area contributed by atoms with Crippen LogP contribution >= 0.6 is 0 Å². The van der Waals surface area contributed by atoms with Crippen LogP contribution in [-0.2, 0) is 9.53 Å². The maximum Gasteiger partial charge on any atom is 0.220 e. The predicted octanol–water partition coefficient (Wildman–Crippen LogP) is 0.914. The highest BCUT2D eigenvalue weighted by atomic mass is 16.5. The van der Waals surface area contributed by atoms with Crippen LogP contribution in [0.5, 0.6) is 0 Å². The van der Waals surface area contributed by atoms with Crippen LogP contribution in [0.1, 0.15) is 20.3 Å². The smallest absolute Gasteiger partial charge is 0.220 e. The van der Waals surface area contributed by atoms with Crippen molar-refractivity contribution in [3.63, 3.8) is 0 Å². The highest BCUT2D eigenvalue weighted by Crippen LogP contribution is 2.11. The van der Waals surface area contributed by atoms with Gasteiger partial charge in [-0.2, -0.15) is 0 Å². The third-order valence-corrected chi connectivity index (χ3v) is 2.13. The van der Waals surface area contributed by atoms with E-state index in [4.69, 9.17) is 4.74 Å². The summed E-state index contributed by atoms with van der Waals surface area (Å²) in [6.07, 6.45) is 5.53. The zero-order valence-corrected chi connectivity index (χ0v) is 9.86. The average Bonchev–Trinajstić information content (AvgIpc) is 2.23. The maximum atomic E-state index is 11.4. The molecule has 0 spiro atoms. The van der Waals surface area contributed by atoms with Gasteiger partial charge in [-0.3, -0.25) is 9.79 Å². The SMILES string of the molecule is CCC(=O)NC1(C)C=NCC=NC(OC)=C1. The Bertz CT molecular complexity index is 347. The minimum Gasteiger partial charge on any atom is -0.481 e. The van der Waals surface area contributed by atoms with E-state index in [1.54, 1.807) is 32.5 Å². The van der Waals surface area contributed by atoms with Gasteiger partial charge in [0.15, 0.2) is 0 Å². The summed E-state index contributed by atoms with van der Waals surface area (Å²) in [7, 11) is 1.55. The van der Waals surface area contributed by atoms with Crippen LogP contribution in [0.2, 0.25) is 0 Å². The van der Waals surface area contributed by atoms with Gasteiger partial charge in [0.2, 0.25) is 11.8 Å². The second-order valence-electron chi connectivity index (χ2n) is 3.68. The van der Waals surface area contributed by atoms with Crippen molar-refractivity contribution in [3.05, 3.63) is 12.0 Å². The molecule has 0 aliphatic carbocycles. The Morgan fingerprint density at radius 3 is 3.06 bits per heavy atom. The first kappa shape index (κ1) is 12.4. The van der Waals surface area contributed by atoms with Crippen LogP contribution < -0.4 is 5.32 Å². The van der Waals surface area contributed by atoms with Crippen molar-refractivity contribution < 1.29 is 9.53 Å². The molecule has 1 N–H and O–H groups in total. The number of carbonyl (C=O) groups is 1. The number of nitrogens with zero attached hydrogens (tertiary/aromatic N) is 2. The largest absolute Gasteiger partial charge is 0.481 e. The van der Waals surface area contributed by atoms with Gasteiger partial charge in [-0.15, -0.1) is 0 Å². The second-order valence-corrected chi connectivity index (χ2v) is 3.68. The summed E-state index contributed by atoms with van der Waals surface area (Å²) in [5, 5.41) is 2.86. The number of ether oxygens (including phenoxy) is 1. The quantitative estimate of drug-likeness (QED) is 0.773. The first-order chi connectivity index (χ1) is 7.59. The first-order valence-electron chi connectivity index (χ1n) is 5.21. The van der Waals surface area contributed by atoms with Crippen LogP contribution in [0, 0.1) is 0 Å². The summed E-state index contributed by atoms with van der Waals surface area (Å²) in [6, 6.07) is 0. The summed E-state index contributed by atoms with van der Waals surface area (Å²) >= 11 is 0. The van der Waals surface area contributed by atoms with Crippen molar-refractivity contribution in [2.75, 3.05) is 13.7 Å². The molecule has 1 amide bonds. The molecule has 88 valence electrons. The second kappa shape index (κ2) is 5.44. The van der Waals surface area contributed by atoms with Gasteiger partial charge >= 0.3 is 0 Å². The number of carbonyl (C=O) groups excluding carboxylic acids is 1. The molecule has 1 rings (SSSR count). The zero-order valence-electron chi connectivity index (χ0n) is 9.86. The Balaban J connectivity index is 2.93. The fourth-order valence-corrected chi connectivity index (χ4v) is 1.32. The standard InChI is InChI=1S/C11H17N3O2/c1-4-9(15)14-11(2)7-10(16-3)13-6-5-12-8-11/h6-8H,4-5H2,1-3H3,(H,14,15). The number of aliphatic imine (C=N–C) groups is 2. The Labute approximate surface area is 95.3 Å². The van der Waals surface area contributed by atoms with E-state index in [-0.39, 0.29) is 5.91 Å². The fraction of sp³-hybridized carbons (Fsp3) is 0.545. The number of rotatable bonds is 3. The monoisotopic (exact) mass is 223 g/mol. The number of methoxy groups -OCH3 is 1. The molecule has 0 aromatic carbocycles. The molecule has 0 saturated carbocycles. The van der Waals surface area contributed by atoms with Gasteiger partial charge in [0, 0.05) is 24.9 Å². The maximum absolute atomic E-state index is 11.4. The van der Waals surface area contributed by atoms with Crippen LogP contribution in [0.15, 0.2) is 21.9 Å². The molecule has 0 fully saturated rings. The normalized spacial score (nSPS) is 24.3. The summed E-state index contributed by atoms with van der Waals surface area (Å²) in [4.78, 5) is 19.6. The molecule has 1 aliphatic rings. The number of hydrogen-bond acceptors (Lipinski definition) is 4. The van der Waals surface area contributed by atoms with Crippen molar-refractivity contribution in [2.45, 2.75) is 25.8 Å². The molecular formula is C11H17N3O2. The molecule has 0 saturated heterocycles. The minimum atomic E-state index is -0.643. The van der Waals surface area contributed by atoms with Gasteiger partial charge in [-0.05, 0) is 6.92 Å². The van der Waals surface area contributed by atoms with E-state index in [0.717, 1.165) is 0 Å². The van der Waals surface area contributed by atoms with E-state index in [2.05, 4.69) is 15.3 Å². The van der Waals surface area contributed by atoms with Crippen molar-refractivity contribution >= 4 is 18.3 Å². The summed E-state index contributed by atoms with van der Waals surface area (Å²) in [5.74, 6) is 0.440. The highest BCUT2D eigenvalue weighted by molar-refractivity contribution is 5.85. The molecule has 0 radical (unpaired) electrons. The Hall–Kier alpha value is -1.65. The van der Waals surface area contributed by atoms with E-state index < -0.39 is 5.54 Å². The molecular weight excluding hydrogens is 206 g/mol. The van der Waals surface area contributed by atoms with Gasteiger partial charge in [0.25, 0.3) is 0 Å². The first-order valence-corrected chi connectivity index (χ1v) is 5.21. The van der Waals surface area contributed by atoms with Crippen molar-refractivity contribution in [3.8, 4) is 0 Å². The lowest BCUT2D eigenvalue weighted by molar-refractivity contribution is -0.121. The molecule has 1 atom stereocenters. The van der Waals surface area contributed by atoms with Crippen molar-refractivity contribution in [2.24, 2.45) is 9.98 Å². The van der Waals surface area contributed by atoms with E-state index in [1.165, 1.54) is 0 Å². The molecule has 1 aliphatic heterocycles. The third-order valence-electron chi connectivity index (χ3n) is 2.13. The fourth-order valence-electron chi connectivity index (χ4n) is 1.32. The molecule has 1 unspecified atom stereocenters. The lowest BCUT2D eigenvalue weighted by atomic mass is 10.0. The van der Waals surface area contributed by atoms with Gasteiger partial charge in [0.05, 0.1) is 19.2 Å². The molecule has 0 bridgehead atoms. The molecule has 1 heterocycles. The molecule has 0 aromatic heterocycles. The topological polar surface area (TPSA) is 63.0 Å². The Kier molecular flexibility index (Phi) is 4.22. The van der Waals surface area contributed by atoms with Gasteiger partial charge in [0.1, 0.15) is 0 Å². The van der Waals surface area contributed by atoms with Gasteiger partial charge in [-0.1, -0.05) is 6.92 Å². The lowest BCUT2D eigenvalue weighted by Gasteiger charge is -2.23. The summed E-state index contributed by atoms with van der Waals surface area (Å²) in [6.45, 7) is 4.14. The lowest BCUT2D eigenvalue weighted by Crippen LogP contribution is -2.46. The van der Waals surface area contributed by atoms with Gasteiger partial charge < -0.3 is 10.1 Å². The molecule has 0 aromatic rings. The molecule has 5 heteroatoms. The van der Waals surface area contributed by atoms with Crippen LogP contribution in [0.4, 0.5) is 0 Å². The van der Waals surface area contributed by atoms with E-state index in [0.29, 0.717) is 18.8 Å². The number of nitrogens with one attached hydrogen (secondary N) is 1. The van der Waals surface area contributed by atoms with E-state index >= 15 is 0 Å². The zero-order chi connectivity index (χ0) is 12.0. The van der Waals surface area contributed by atoms with Crippen molar-refractivity contribution in [1.29, 1.82) is 0 Å². The highest BCUT2D eigenvalue weighted by Gasteiger charge is 2.23. The Morgan fingerprint density at radius 1 is 1.69 bits per heavy atom. The molecule has 5 nitrogen and oxygen atoms in total. The third kappa shape index (κ3) is 3.49. The van der Waals surface area contributed by atoms with Crippen LogP contribution in [-0.4, -0.2) is 37.5 Å². The minimum absolute atomic E-state index is 0.0368.